The lowest BCUT2D eigenvalue weighted by molar-refractivity contribution is -0.0375. The van der Waals surface area contributed by atoms with Gasteiger partial charge >= 0.3 is 0 Å². The largest absolute Gasteiger partial charge is 0.376 e. The predicted octanol–water partition coefficient (Wildman–Crippen LogP) is 2.49. The van der Waals surface area contributed by atoms with Gasteiger partial charge in [-0.25, -0.2) is 9.67 Å². The first kappa shape index (κ1) is 20.4. The molecule has 2 saturated carbocycles. The van der Waals surface area contributed by atoms with E-state index in [-0.39, 0.29) is 12.1 Å². The second kappa shape index (κ2) is 8.56. The number of aromatic nitrogens is 4. The van der Waals surface area contributed by atoms with Crippen LogP contribution in [-0.4, -0.2) is 64.8 Å². The van der Waals surface area contributed by atoms with Crippen molar-refractivity contribution < 1.29 is 4.74 Å². The zero-order valence-electron chi connectivity index (χ0n) is 18.4. The second-order valence-corrected chi connectivity index (χ2v) is 9.72. The van der Waals surface area contributed by atoms with Crippen LogP contribution in [0, 0.1) is 29.1 Å². The van der Waals surface area contributed by atoms with E-state index in [1.165, 1.54) is 12.8 Å². The number of anilines is 1. The fourth-order valence-corrected chi connectivity index (χ4v) is 5.09. The van der Waals surface area contributed by atoms with Crippen LogP contribution in [0.4, 0.5) is 5.82 Å². The van der Waals surface area contributed by atoms with E-state index in [0.717, 1.165) is 56.5 Å². The van der Waals surface area contributed by atoms with Gasteiger partial charge in [0.05, 0.1) is 29.6 Å². The van der Waals surface area contributed by atoms with Crippen molar-refractivity contribution in [1.82, 2.24) is 24.9 Å². The Kier molecular flexibility index (Phi) is 5.63. The molecular formula is C23H31N7O. The minimum atomic E-state index is 0.185. The fourth-order valence-electron chi connectivity index (χ4n) is 5.09. The van der Waals surface area contributed by atoms with Crippen LogP contribution in [0.1, 0.15) is 43.0 Å². The normalized spacial score (nSPS) is 28.0. The SMILES string of the molecule is CN(C)Cc1cn([C@@H]2C[C@@H]3CN(c4ccc(C#N)cn4)C[C@@H]3C[C@H]2OCC2CC2)nn1. The van der Waals surface area contributed by atoms with Gasteiger partial charge in [-0.2, -0.15) is 5.26 Å². The van der Waals surface area contributed by atoms with Crippen LogP contribution in [0.5, 0.6) is 0 Å². The van der Waals surface area contributed by atoms with Gasteiger partial charge in [-0.05, 0) is 69.7 Å². The summed E-state index contributed by atoms with van der Waals surface area (Å²) < 4.78 is 8.54. The smallest absolute Gasteiger partial charge is 0.128 e. The topological polar surface area (TPSA) is 83.1 Å². The molecule has 1 aliphatic heterocycles. The third-order valence-corrected chi connectivity index (χ3v) is 6.90. The first-order chi connectivity index (χ1) is 15.1. The summed E-state index contributed by atoms with van der Waals surface area (Å²) >= 11 is 0. The number of pyridine rings is 1. The van der Waals surface area contributed by atoms with E-state index < -0.39 is 0 Å². The summed E-state index contributed by atoms with van der Waals surface area (Å²) in [6, 6.07) is 6.21. The van der Waals surface area contributed by atoms with Gasteiger partial charge in [0.2, 0.25) is 0 Å². The standard InChI is InChI=1S/C23H31N7O/c1-28(2)13-20-14-30(27-26-20)21-7-18-11-29(23-6-5-17(9-24)10-25-23)12-19(18)8-22(21)31-15-16-3-4-16/h5-6,10,14,16,18-19,21-22H,3-4,7-8,11-13,15H2,1-2H3/t18-,19+,21-,22-/m1/s1. The van der Waals surface area contributed by atoms with E-state index in [1.54, 1.807) is 6.20 Å². The van der Waals surface area contributed by atoms with E-state index in [9.17, 15) is 0 Å². The molecule has 0 N–H and O–H groups in total. The Bertz CT molecular complexity index is 930. The summed E-state index contributed by atoms with van der Waals surface area (Å²) in [6.45, 7) is 3.67. The van der Waals surface area contributed by atoms with Crippen LogP contribution in [0.25, 0.3) is 0 Å². The van der Waals surface area contributed by atoms with Gasteiger partial charge in [0.25, 0.3) is 0 Å². The van der Waals surface area contributed by atoms with E-state index in [2.05, 4.69) is 56.1 Å². The monoisotopic (exact) mass is 421 g/mol. The number of fused-ring (bicyclic) bond motifs is 1. The summed E-state index contributed by atoms with van der Waals surface area (Å²) in [4.78, 5) is 9.01. The van der Waals surface area contributed by atoms with E-state index in [1.807, 2.05) is 12.1 Å². The third-order valence-electron chi connectivity index (χ3n) is 6.90. The molecule has 0 aromatic carbocycles. The molecule has 31 heavy (non-hydrogen) atoms. The van der Waals surface area contributed by atoms with Crippen LogP contribution in [0.2, 0.25) is 0 Å². The van der Waals surface area contributed by atoms with Crippen LogP contribution in [0.15, 0.2) is 24.5 Å². The summed E-state index contributed by atoms with van der Waals surface area (Å²) in [7, 11) is 4.10. The minimum absolute atomic E-state index is 0.185. The number of hydrogen-bond donors (Lipinski definition) is 0. The molecule has 0 unspecified atom stereocenters. The number of ether oxygens (including phenoxy) is 1. The van der Waals surface area contributed by atoms with Crippen molar-refractivity contribution in [2.45, 2.75) is 44.4 Å². The highest BCUT2D eigenvalue weighted by Gasteiger charge is 2.44. The van der Waals surface area contributed by atoms with Crippen molar-refractivity contribution in [3.05, 3.63) is 35.8 Å². The number of hydrogen-bond acceptors (Lipinski definition) is 7. The Morgan fingerprint density at radius 2 is 2.00 bits per heavy atom. The highest BCUT2D eigenvalue weighted by molar-refractivity contribution is 5.43. The van der Waals surface area contributed by atoms with Crippen molar-refractivity contribution in [1.29, 1.82) is 5.26 Å². The molecule has 0 amide bonds. The summed E-state index contributed by atoms with van der Waals surface area (Å²) in [5, 5.41) is 17.9. The fraction of sp³-hybridized carbons (Fsp3) is 0.652. The first-order valence-corrected chi connectivity index (χ1v) is 11.4. The van der Waals surface area contributed by atoms with Gasteiger partial charge < -0.3 is 14.5 Å². The predicted molar refractivity (Wildman–Crippen MR) is 116 cm³/mol. The van der Waals surface area contributed by atoms with Crippen molar-refractivity contribution in [3.8, 4) is 6.07 Å². The zero-order valence-corrected chi connectivity index (χ0v) is 18.4. The van der Waals surface area contributed by atoms with Crippen LogP contribution in [0.3, 0.4) is 0 Å². The lowest BCUT2D eigenvalue weighted by atomic mass is 9.77. The molecule has 5 rings (SSSR count). The van der Waals surface area contributed by atoms with E-state index in [4.69, 9.17) is 10.00 Å². The molecule has 0 spiro atoms. The molecule has 164 valence electrons. The summed E-state index contributed by atoms with van der Waals surface area (Å²) in [6.07, 6.45) is 8.67. The number of nitriles is 1. The van der Waals surface area contributed by atoms with Gasteiger partial charge in [-0.1, -0.05) is 5.21 Å². The molecular weight excluding hydrogens is 390 g/mol. The minimum Gasteiger partial charge on any atom is -0.376 e. The van der Waals surface area contributed by atoms with Crippen molar-refractivity contribution in [2.24, 2.45) is 17.8 Å². The molecule has 4 atom stereocenters. The molecule has 2 aromatic heterocycles. The Labute approximate surface area is 183 Å². The summed E-state index contributed by atoms with van der Waals surface area (Å²) in [5.74, 6) is 2.91. The van der Waals surface area contributed by atoms with Crippen LogP contribution >= 0.6 is 0 Å². The highest BCUT2D eigenvalue weighted by Crippen LogP contribution is 2.44. The van der Waals surface area contributed by atoms with Crippen molar-refractivity contribution in [2.75, 3.05) is 38.7 Å². The first-order valence-electron chi connectivity index (χ1n) is 11.4. The molecule has 8 nitrogen and oxygen atoms in total. The highest BCUT2D eigenvalue weighted by atomic mass is 16.5. The lowest BCUT2D eigenvalue weighted by Gasteiger charge is -2.37. The molecule has 8 heteroatoms. The maximum absolute atomic E-state index is 9.04. The lowest BCUT2D eigenvalue weighted by Crippen LogP contribution is -2.38. The second-order valence-electron chi connectivity index (χ2n) is 9.72. The summed E-state index contributed by atoms with van der Waals surface area (Å²) in [5.41, 5.74) is 1.61. The Morgan fingerprint density at radius 1 is 1.19 bits per heavy atom. The van der Waals surface area contributed by atoms with Crippen molar-refractivity contribution >= 4 is 5.82 Å². The zero-order chi connectivity index (χ0) is 21.4. The maximum atomic E-state index is 9.04. The number of nitrogens with zero attached hydrogens (tertiary/aromatic N) is 7. The van der Waals surface area contributed by atoms with E-state index >= 15 is 0 Å². The van der Waals surface area contributed by atoms with E-state index in [0.29, 0.717) is 17.4 Å². The Morgan fingerprint density at radius 3 is 2.68 bits per heavy atom. The Balaban J connectivity index is 1.32. The molecule has 0 radical (unpaired) electrons. The molecule has 2 aromatic rings. The molecule has 3 aliphatic rings. The van der Waals surface area contributed by atoms with Crippen LogP contribution in [-0.2, 0) is 11.3 Å². The van der Waals surface area contributed by atoms with Crippen molar-refractivity contribution in [3.63, 3.8) is 0 Å². The number of rotatable bonds is 7. The van der Waals surface area contributed by atoms with Gasteiger partial charge in [0, 0.05) is 32.4 Å². The van der Waals surface area contributed by atoms with Crippen LogP contribution < -0.4 is 4.90 Å². The Hall–Kier alpha value is -2.50. The quantitative estimate of drug-likeness (QED) is 0.679. The molecule has 3 heterocycles. The average Bonchev–Trinajstić information content (AvgIpc) is 3.33. The van der Waals surface area contributed by atoms with Gasteiger partial charge in [-0.3, -0.25) is 0 Å². The molecule has 2 aliphatic carbocycles. The van der Waals surface area contributed by atoms with Gasteiger partial charge in [0.15, 0.2) is 0 Å². The van der Waals surface area contributed by atoms with Gasteiger partial charge in [-0.15, -0.1) is 5.10 Å². The van der Waals surface area contributed by atoms with Gasteiger partial charge in [0.1, 0.15) is 11.9 Å². The molecule has 0 bridgehead atoms. The third kappa shape index (κ3) is 4.58. The molecule has 1 saturated heterocycles. The molecule has 3 fully saturated rings. The average molecular weight is 422 g/mol. The maximum Gasteiger partial charge on any atom is 0.128 e.